The Morgan fingerprint density at radius 3 is 2.11 bits per heavy atom. The highest BCUT2D eigenvalue weighted by Gasteiger charge is 2.51. The van der Waals surface area contributed by atoms with Gasteiger partial charge in [0.2, 0.25) is 5.82 Å². The number of fused-ring (bicyclic) bond motifs is 1. The van der Waals surface area contributed by atoms with Crippen LogP contribution >= 0.6 is 0 Å². The molecule has 36 heavy (non-hydrogen) atoms. The Kier molecular flexibility index (Phi) is 6.10. The van der Waals surface area contributed by atoms with E-state index in [0.29, 0.717) is 11.0 Å². The highest BCUT2D eigenvalue weighted by atomic mass is 19.3. The van der Waals surface area contributed by atoms with Crippen molar-refractivity contribution in [2.45, 2.75) is 12.5 Å². The molecule has 4 rings (SSSR count). The number of carbonyl (C=O) groups is 2. The molecule has 0 unspecified atom stereocenters. The van der Waals surface area contributed by atoms with Crippen molar-refractivity contribution in [2.75, 3.05) is 11.4 Å². The zero-order chi connectivity index (χ0) is 26.5. The van der Waals surface area contributed by atoms with Gasteiger partial charge in [0.15, 0.2) is 29.0 Å². The Bertz CT molecular complexity index is 1400. The SMILES string of the molecule is O=C([O-])c1ccccc1CCN1C(=O)C(F)(F)Oc2cc(F)c(-c3c(F)c(F)c(F)c(F)c3F)cc21. The van der Waals surface area contributed by atoms with Crippen molar-refractivity contribution in [3.8, 4) is 16.9 Å². The molecule has 0 fully saturated rings. The van der Waals surface area contributed by atoms with Crippen molar-refractivity contribution < 1.29 is 54.6 Å². The summed E-state index contributed by atoms with van der Waals surface area (Å²) in [5.74, 6) is -18.3. The fourth-order valence-electron chi connectivity index (χ4n) is 3.71. The second-order valence-electron chi connectivity index (χ2n) is 7.51. The Morgan fingerprint density at radius 2 is 1.50 bits per heavy atom. The van der Waals surface area contributed by atoms with E-state index in [9.17, 15) is 49.8 Å². The molecule has 0 saturated carbocycles. The van der Waals surface area contributed by atoms with Crippen LogP contribution in [0.3, 0.4) is 0 Å². The topological polar surface area (TPSA) is 69.7 Å². The van der Waals surface area contributed by atoms with E-state index in [1.807, 2.05) is 0 Å². The van der Waals surface area contributed by atoms with Crippen LogP contribution in [0, 0.1) is 34.9 Å². The number of alkyl halides is 2. The van der Waals surface area contributed by atoms with Gasteiger partial charge in [-0.15, -0.1) is 0 Å². The molecule has 1 amide bonds. The summed E-state index contributed by atoms with van der Waals surface area (Å²) in [6.45, 7) is -0.669. The van der Waals surface area contributed by atoms with Gasteiger partial charge in [-0.1, -0.05) is 24.3 Å². The lowest BCUT2D eigenvalue weighted by molar-refractivity contribution is -0.255. The van der Waals surface area contributed by atoms with Crippen molar-refractivity contribution in [1.82, 2.24) is 0 Å². The number of nitrogens with zero attached hydrogens (tertiary/aromatic N) is 1. The molecular formula is C23H10F8NO4-. The van der Waals surface area contributed by atoms with E-state index in [1.54, 1.807) is 0 Å². The third-order valence-corrected chi connectivity index (χ3v) is 5.39. The second kappa shape index (κ2) is 8.81. The lowest BCUT2D eigenvalue weighted by Gasteiger charge is -2.34. The minimum atomic E-state index is -4.51. The van der Waals surface area contributed by atoms with Crippen molar-refractivity contribution in [3.63, 3.8) is 0 Å². The number of halogens is 8. The first-order chi connectivity index (χ1) is 16.8. The summed E-state index contributed by atoms with van der Waals surface area (Å²) in [5.41, 5.74) is -3.87. The molecule has 1 aliphatic rings. The molecule has 13 heteroatoms. The average Bonchev–Trinajstić information content (AvgIpc) is 2.82. The molecule has 188 valence electrons. The van der Waals surface area contributed by atoms with Gasteiger partial charge in [-0.05, 0) is 18.1 Å². The van der Waals surface area contributed by atoms with Crippen LogP contribution in [-0.4, -0.2) is 24.5 Å². The number of amides is 1. The van der Waals surface area contributed by atoms with Gasteiger partial charge in [-0.25, -0.2) is 26.3 Å². The molecule has 0 spiro atoms. The van der Waals surface area contributed by atoms with Gasteiger partial charge in [0.05, 0.1) is 17.2 Å². The molecule has 0 aliphatic carbocycles. The number of anilines is 1. The summed E-state index contributed by atoms with van der Waals surface area (Å²) in [7, 11) is 0. The predicted octanol–water partition coefficient (Wildman–Crippen LogP) is 4.11. The maximum absolute atomic E-state index is 14.7. The molecule has 0 atom stereocenters. The molecule has 0 radical (unpaired) electrons. The predicted molar refractivity (Wildman–Crippen MR) is 104 cm³/mol. The number of hydrogen-bond donors (Lipinski definition) is 0. The van der Waals surface area contributed by atoms with Gasteiger partial charge in [0, 0.05) is 23.7 Å². The quantitative estimate of drug-likeness (QED) is 0.291. The highest BCUT2D eigenvalue weighted by molar-refractivity contribution is 6.01. The fraction of sp³-hybridized carbons (Fsp3) is 0.130. The van der Waals surface area contributed by atoms with E-state index in [-0.39, 0.29) is 23.6 Å². The van der Waals surface area contributed by atoms with Gasteiger partial charge in [-0.2, -0.15) is 8.78 Å². The van der Waals surface area contributed by atoms with Gasteiger partial charge in [0.1, 0.15) is 5.82 Å². The second-order valence-corrected chi connectivity index (χ2v) is 7.51. The van der Waals surface area contributed by atoms with Crippen molar-refractivity contribution in [2.24, 2.45) is 0 Å². The van der Waals surface area contributed by atoms with Crippen molar-refractivity contribution >= 4 is 17.6 Å². The van der Waals surface area contributed by atoms with Crippen LogP contribution in [0.5, 0.6) is 5.75 Å². The number of benzene rings is 3. The lowest BCUT2D eigenvalue weighted by Crippen LogP contribution is -2.51. The standard InChI is InChI=1S/C23H11F8NO4/c24-12-8-14-13(7-11(12)15-16(25)18(27)20(29)19(28)17(15)26)32(22(35)23(30,31)36-14)6-5-9-3-1-2-4-10(9)21(33)34/h1-4,7-8H,5-6H2,(H,33,34)/p-1. The molecule has 3 aromatic rings. The molecule has 0 saturated heterocycles. The Balaban J connectivity index is 1.85. The monoisotopic (exact) mass is 516 g/mol. The maximum atomic E-state index is 14.7. The van der Waals surface area contributed by atoms with E-state index in [2.05, 4.69) is 4.74 Å². The molecule has 5 nitrogen and oxygen atoms in total. The summed E-state index contributed by atoms with van der Waals surface area (Å²) in [4.78, 5) is 24.0. The van der Waals surface area contributed by atoms with Crippen molar-refractivity contribution in [1.29, 1.82) is 0 Å². The third-order valence-electron chi connectivity index (χ3n) is 5.39. The number of carboxylic acids is 1. The first-order valence-corrected chi connectivity index (χ1v) is 9.88. The molecule has 0 aromatic heterocycles. The smallest absolute Gasteiger partial charge is 0.482 e. The van der Waals surface area contributed by atoms with E-state index in [4.69, 9.17) is 0 Å². The van der Waals surface area contributed by atoms with Gasteiger partial charge in [-0.3, -0.25) is 9.69 Å². The average molecular weight is 516 g/mol. The van der Waals surface area contributed by atoms with Crippen LogP contribution in [0.25, 0.3) is 11.1 Å². The summed E-state index contributed by atoms with van der Waals surface area (Å²) in [6, 6.07) is 5.86. The Morgan fingerprint density at radius 1 is 0.917 bits per heavy atom. The van der Waals surface area contributed by atoms with E-state index >= 15 is 0 Å². The number of carbonyl (C=O) groups excluding carboxylic acids is 2. The molecule has 0 bridgehead atoms. The number of hydrogen-bond acceptors (Lipinski definition) is 4. The number of aromatic carboxylic acids is 1. The van der Waals surface area contributed by atoms with Crippen molar-refractivity contribution in [3.05, 3.63) is 82.4 Å². The molecule has 3 aromatic carbocycles. The Labute approximate surface area is 196 Å². The van der Waals surface area contributed by atoms with E-state index in [0.717, 1.165) is 6.07 Å². The van der Waals surface area contributed by atoms with E-state index < -0.39 is 82.0 Å². The maximum Gasteiger partial charge on any atom is 0.482 e. The normalized spacial score (nSPS) is 14.4. The zero-order valence-corrected chi connectivity index (χ0v) is 17.5. The molecular weight excluding hydrogens is 506 g/mol. The Hall–Kier alpha value is -4.16. The van der Waals surface area contributed by atoms with Crippen LogP contribution in [0.2, 0.25) is 0 Å². The number of carboxylic acid groups (broad SMARTS) is 1. The minimum absolute atomic E-state index is 0.0590. The van der Waals surface area contributed by atoms with Crippen LogP contribution in [0.4, 0.5) is 40.8 Å². The summed E-state index contributed by atoms with van der Waals surface area (Å²) in [6.07, 6.45) is -4.87. The molecule has 1 heterocycles. The van der Waals surface area contributed by atoms with E-state index in [1.165, 1.54) is 18.2 Å². The first kappa shape index (κ1) is 24.9. The zero-order valence-electron chi connectivity index (χ0n) is 17.5. The van der Waals surface area contributed by atoms with Gasteiger partial charge in [0.25, 0.3) is 0 Å². The number of rotatable bonds is 5. The van der Waals surface area contributed by atoms with Gasteiger partial charge < -0.3 is 14.6 Å². The fourth-order valence-corrected chi connectivity index (χ4v) is 3.71. The number of ether oxygens (including phenoxy) is 1. The highest BCUT2D eigenvalue weighted by Crippen LogP contribution is 2.44. The largest absolute Gasteiger partial charge is 0.545 e. The molecule has 1 aliphatic heterocycles. The van der Waals surface area contributed by atoms with Crippen LogP contribution in [0.15, 0.2) is 36.4 Å². The summed E-state index contributed by atoms with van der Waals surface area (Å²) >= 11 is 0. The van der Waals surface area contributed by atoms with Crippen LogP contribution in [-0.2, 0) is 11.2 Å². The summed E-state index contributed by atoms with van der Waals surface area (Å²) < 4.78 is 117. The van der Waals surface area contributed by atoms with Crippen LogP contribution < -0.4 is 14.7 Å². The third kappa shape index (κ3) is 3.99. The molecule has 0 N–H and O–H groups in total. The summed E-state index contributed by atoms with van der Waals surface area (Å²) in [5, 5.41) is 11.3. The first-order valence-electron chi connectivity index (χ1n) is 9.88. The van der Waals surface area contributed by atoms with Crippen LogP contribution in [0.1, 0.15) is 15.9 Å². The lowest BCUT2D eigenvalue weighted by atomic mass is 10.00. The van der Waals surface area contributed by atoms with Gasteiger partial charge >= 0.3 is 12.0 Å². The minimum Gasteiger partial charge on any atom is -0.545 e.